The number of hydrogen-bond acceptors (Lipinski definition) is 2. The molecule has 6 nitrogen and oxygen atoms in total. The number of carbonyl (C=O) groups excluding carboxylic acids is 2. The van der Waals surface area contributed by atoms with Crippen LogP contribution in [0.2, 0.25) is 0 Å². The average Bonchev–Trinajstić information content (AvgIpc) is 3.27. The second kappa shape index (κ2) is 10.3. The maximum absolute atomic E-state index is 12.4. The molecule has 6 heteroatoms. The minimum Gasteiger partial charge on any atom is -0.361 e. The van der Waals surface area contributed by atoms with Gasteiger partial charge in [0.25, 0.3) is 0 Å². The van der Waals surface area contributed by atoms with Crippen molar-refractivity contribution in [2.24, 2.45) is 0 Å². The molecule has 0 radical (unpaired) electrons. The van der Waals surface area contributed by atoms with Gasteiger partial charge in [-0.2, -0.15) is 0 Å². The van der Waals surface area contributed by atoms with Gasteiger partial charge in [0, 0.05) is 36.1 Å². The predicted molar refractivity (Wildman–Crippen MR) is 126 cm³/mol. The van der Waals surface area contributed by atoms with E-state index in [0.29, 0.717) is 13.1 Å². The van der Waals surface area contributed by atoms with Crippen LogP contribution in [0.3, 0.4) is 0 Å². The highest BCUT2D eigenvalue weighted by Crippen LogP contribution is 2.30. The summed E-state index contributed by atoms with van der Waals surface area (Å²) in [5.74, 6) is -0.246. The summed E-state index contributed by atoms with van der Waals surface area (Å²) in [6.45, 7) is 0.749. The summed E-state index contributed by atoms with van der Waals surface area (Å²) in [7, 11) is 0. The molecule has 4 aromatic rings. The van der Waals surface area contributed by atoms with Crippen LogP contribution in [0.1, 0.15) is 22.6 Å². The molecule has 1 aromatic heterocycles. The lowest BCUT2D eigenvalue weighted by Crippen LogP contribution is -2.42. The Morgan fingerprint density at radius 2 is 1.47 bits per heavy atom. The van der Waals surface area contributed by atoms with E-state index in [1.165, 1.54) is 0 Å². The van der Waals surface area contributed by atoms with E-state index >= 15 is 0 Å². The number of carbonyl (C=O) groups is 2. The lowest BCUT2D eigenvalue weighted by atomic mass is 9.91. The molecular formula is C26H26N4O2. The van der Waals surface area contributed by atoms with Gasteiger partial charge in [-0.25, -0.2) is 4.79 Å². The monoisotopic (exact) mass is 426 g/mol. The number of benzene rings is 3. The Morgan fingerprint density at radius 3 is 2.25 bits per heavy atom. The highest BCUT2D eigenvalue weighted by Gasteiger charge is 2.19. The van der Waals surface area contributed by atoms with E-state index in [0.717, 1.165) is 27.6 Å². The molecule has 0 fully saturated rings. The molecule has 1 atom stereocenters. The number of fused-ring (bicyclic) bond motifs is 1. The quantitative estimate of drug-likeness (QED) is 0.344. The smallest absolute Gasteiger partial charge is 0.315 e. The van der Waals surface area contributed by atoms with Crippen LogP contribution in [0.25, 0.3) is 10.9 Å². The number of H-pyrrole nitrogens is 1. The van der Waals surface area contributed by atoms with Crippen LogP contribution < -0.4 is 16.0 Å². The molecule has 1 unspecified atom stereocenters. The van der Waals surface area contributed by atoms with E-state index in [4.69, 9.17) is 0 Å². The first-order valence-corrected chi connectivity index (χ1v) is 10.6. The zero-order valence-electron chi connectivity index (χ0n) is 17.7. The lowest BCUT2D eigenvalue weighted by molar-refractivity contribution is -0.120. The summed E-state index contributed by atoms with van der Waals surface area (Å²) in [6, 6.07) is 27.5. The fraction of sp³-hybridized carbons (Fsp3) is 0.154. The Hall–Kier alpha value is -4.06. The Morgan fingerprint density at radius 1 is 0.781 bits per heavy atom. The Bertz CT molecular complexity index is 1170. The third kappa shape index (κ3) is 5.35. The summed E-state index contributed by atoms with van der Waals surface area (Å²) < 4.78 is 0. The second-order valence-corrected chi connectivity index (χ2v) is 7.58. The number of amides is 3. The van der Waals surface area contributed by atoms with Crippen LogP contribution in [-0.2, 0) is 11.3 Å². The van der Waals surface area contributed by atoms with E-state index in [1.54, 1.807) is 0 Å². The molecule has 0 bridgehead atoms. The molecule has 4 N–H and O–H groups in total. The van der Waals surface area contributed by atoms with Gasteiger partial charge in [-0.1, -0.05) is 78.9 Å². The minimum absolute atomic E-state index is 0.0109. The molecule has 4 rings (SSSR count). The van der Waals surface area contributed by atoms with Crippen LogP contribution in [0.4, 0.5) is 4.79 Å². The number of aromatic nitrogens is 1. The summed E-state index contributed by atoms with van der Waals surface area (Å²) in [5, 5.41) is 9.47. The van der Waals surface area contributed by atoms with Crippen molar-refractivity contribution < 1.29 is 9.59 Å². The fourth-order valence-corrected chi connectivity index (χ4v) is 3.75. The summed E-state index contributed by atoms with van der Waals surface area (Å²) in [4.78, 5) is 27.8. The van der Waals surface area contributed by atoms with Crippen LogP contribution in [0.15, 0.2) is 91.1 Å². The molecular weight excluding hydrogens is 400 g/mol. The molecule has 1 heterocycles. The lowest BCUT2D eigenvalue weighted by Gasteiger charge is -2.18. The zero-order valence-corrected chi connectivity index (χ0v) is 17.7. The van der Waals surface area contributed by atoms with Crippen LogP contribution >= 0.6 is 0 Å². The Kier molecular flexibility index (Phi) is 6.82. The topological polar surface area (TPSA) is 86.0 Å². The van der Waals surface area contributed by atoms with Crippen molar-refractivity contribution in [2.75, 3.05) is 13.1 Å². The molecule has 0 aliphatic rings. The van der Waals surface area contributed by atoms with Gasteiger partial charge in [0.1, 0.15) is 0 Å². The number of hydrogen-bond donors (Lipinski definition) is 4. The summed E-state index contributed by atoms with van der Waals surface area (Å²) in [5.41, 5.74) is 4.30. The standard InChI is InChI=1S/C26H26N4O2/c31-25(18-30-26(32)29-15-19-9-3-1-4-10-19)28-16-22(20-11-5-2-6-12-20)23-17-27-24-14-8-7-13-21(23)24/h1-14,17,22,27H,15-16,18H2,(H,28,31)(H2,29,30,32). The minimum atomic E-state index is -0.375. The van der Waals surface area contributed by atoms with E-state index in [1.807, 2.05) is 72.9 Å². The average molecular weight is 427 g/mol. The van der Waals surface area contributed by atoms with Crippen LogP contribution in [0, 0.1) is 0 Å². The van der Waals surface area contributed by atoms with Gasteiger partial charge in [0.05, 0.1) is 6.54 Å². The molecule has 0 aliphatic carbocycles. The molecule has 0 saturated carbocycles. The van der Waals surface area contributed by atoms with Crippen molar-refractivity contribution in [1.29, 1.82) is 0 Å². The number of aromatic amines is 1. The van der Waals surface area contributed by atoms with E-state index in [9.17, 15) is 9.59 Å². The van der Waals surface area contributed by atoms with Gasteiger partial charge in [0.2, 0.25) is 5.91 Å². The molecule has 0 aliphatic heterocycles. The van der Waals surface area contributed by atoms with Crippen molar-refractivity contribution in [3.8, 4) is 0 Å². The molecule has 32 heavy (non-hydrogen) atoms. The molecule has 3 amide bonds. The molecule has 0 saturated heterocycles. The Balaban J connectivity index is 1.35. The zero-order chi connectivity index (χ0) is 22.2. The number of para-hydroxylation sites is 1. The van der Waals surface area contributed by atoms with Gasteiger partial charge in [0.15, 0.2) is 0 Å². The fourth-order valence-electron chi connectivity index (χ4n) is 3.75. The van der Waals surface area contributed by atoms with E-state index < -0.39 is 0 Å². The van der Waals surface area contributed by atoms with Crippen LogP contribution in [-0.4, -0.2) is 30.0 Å². The molecule has 0 spiro atoms. The first kappa shape index (κ1) is 21.2. The van der Waals surface area contributed by atoms with Gasteiger partial charge in [-0.05, 0) is 22.8 Å². The van der Waals surface area contributed by atoms with Gasteiger partial charge in [-0.3, -0.25) is 4.79 Å². The summed E-state index contributed by atoms with van der Waals surface area (Å²) >= 11 is 0. The third-order valence-electron chi connectivity index (χ3n) is 5.41. The van der Waals surface area contributed by atoms with Crippen molar-refractivity contribution in [3.05, 3.63) is 108 Å². The predicted octanol–water partition coefficient (Wildman–Crippen LogP) is 3.92. The normalized spacial score (nSPS) is 11.6. The third-order valence-corrected chi connectivity index (χ3v) is 5.41. The van der Waals surface area contributed by atoms with E-state index in [2.05, 4.69) is 39.1 Å². The van der Waals surface area contributed by atoms with Gasteiger partial charge in [-0.15, -0.1) is 0 Å². The molecule has 162 valence electrons. The largest absolute Gasteiger partial charge is 0.361 e. The van der Waals surface area contributed by atoms with Crippen molar-refractivity contribution in [1.82, 2.24) is 20.9 Å². The van der Waals surface area contributed by atoms with Gasteiger partial charge < -0.3 is 20.9 Å². The number of urea groups is 1. The molecule has 3 aromatic carbocycles. The first-order valence-electron chi connectivity index (χ1n) is 10.6. The number of rotatable bonds is 8. The Labute approximate surface area is 187 Å². The first-order chi connectivity index (χ1) is 15.7. The van der Waals surface area contributed by atoms with Crippen molar-refractivity contribution in [2.45, 2.75) is 12.5 Å². The maximum atomic E-state index is 12.4. The second-order valence-electron chi connectivity index (χ2n) is 7.58. The van der Waals surface area contributed by atoms with Crippen LogP contribution in [0.5, 0.6) is 0 Å². The van der Waals surface area contributed by atoms with Crippen molar-refractivity contribution in [3.63, 3.8) is 0 Å². The summed E-state index contributed by atoms with van der Waals surface area (Å²) in [6.07, 6.45) is 2.00. The highest BCUT2D eigenvalue weighted by atomic mass is 16.2. The number of nitrogens with one attached hydrogen (secondary N) is 4. The van der Waals surface area contributed by atoms with Crippen molar-refractivity contribution >= 4 is 22.8 Å². The maximum Gasteiger partial charge on any atom is 0.315 e. The van der Waals surface area contributed by atoms with E-state index in [-0.39, 0.29) is 24.4 Å². The van der Waals surface area contributed by atoms with Gasteiger partial charge >= 0.3 is 6.03 Å². The highest BCUT2D eigenvalue weighted by molar-refractivity contribution is 5.85. The SMILES string of the molecule is O=C(CNC(=O)NCc1ccccc1)NCC(c1ccccc1)c1c[nH]c2ccccc12.